The third-order valence-electron chi connectivity index (χ3n) is 3.25. The van der Waals surface area contributed by atoms with Gasteiger partial charge in [0, 0.05) is 0 Å². The molecule has 0 radical (unpaired) electrons. The fourth-order valence-corrected chi connectivity index (χ4v) is 2.57. The standard InChI is InChI=1S/C15H27O.Na.H2O4S/c1-3-5-6-7-8-9-10-11-12-13-14-15(16)4-2;;1-5(2,3)4/h4H,1-3,5-14H2;;(H2,1,2,3,4). The number of hydrogen-bond donors (Lipinski definition) is 2. The summed E-state index contributed by atoms with van der Waals surface area (Å²) < 4.78 is 33.1. The normalized spacial score (nSPS) is 10.7. The van der Waals surface area contributed by atoms with Crippen LogP contribution in [-0.4, -0.2) is 51.2 Å². The van der Waals surface area contributed by atoms with Crippen molar-refractivity contribution in [1.82, 2.24) is 0 Å². The van der Waals surface area contributed by atoms with Gasteiger partial charge in [-0.15, -0.1) is 0 Å². The number of unbranched alkanes of at least 4 members (excludes halogenated alkanes) is 9. The molecule has 0 aromatic carbocycles. The first kappa shape index (κ1) is 24.5. The van der Waals surface area contributed by atoms with Gasteiger partial charge in [0.2, 0.25) is 0 Å². The molecule has 2 N–H and O–H groups in total. The van der Waals surface area contributed by atoms with Crippen LogP contribution in [0, 0.1) is 0 Å². The molecule has 0 amide bonds. The summed E-state index contributed by atoms with van der Waals surface area (Å²) in [7, 11) is -4.67. The molecule has 0 bridgehead atoms. The number of ketones is 1. The maximum atomic E-state index is 11.0. The first-order chi connectivity index (χ1) is 10.3. The molecule has 0 rings (SSSR count). The van der Waals surface area contributed by atoms with Crippen molar-refractivity contribution in [2.24, 2.45) is 0 Å². The molecule has 126 valence electrons. The van der Waals surface area contributed by atoms with E-state index in [9.17, 15) is 4.79 Å². The molecule has 7 heteroatoms. The van der Waals surface area contributed by atoms with Crippen molar-refractivity contribution in [3.8, 4) is 0 Å². The molecule has 0 aromatic heterocycles. The molecule has 0 aliphatic carbocycles. The summed E-state index contributed by atoms with van der Waals surface area (Å²) in [6.07, 6.45) is 15.6. The van der Waals surface area contributed by atoms with Gasteiger partial charge < -0.3 is 0 Å². The summed E-state index contributed by atoms with van der Waals surface area (Å²) in [6.45, 7) is 3.48. The van der Waals surface area contributed by atoms with Crippen molar-refractivity contribution in [2.45, 2.75) is 74.3 Å². The van der Waals surface area contributed by atoms with Crippen molar-refractivity contribution < 1.29 is 22.3 Å². The van der Waals surface area contributed by atoms with E-state index in [2.05, 4.69) is 6.58 Å². The zero-order chi connectivity index (χ0) is 17.3. The van der Waals surface area contributed by atoms with Crippen LogP contribution in [0.5, 0.6) is 0 Å². The van der Waals surface area contributed by atoms with Crippen molar-refractivity contribution in [2.75, 3.05) is 0 Å². The molecule has 0 atom stereocenters. The molecule has 0 spiro atoms. The van der Waals surface area contributed by atoms with E-state index in [1.54, 1.807) is 0 Å². The van der Waals surface area contributed by atoms with Gasteiger partial charge in [-0.05, 0) is 6.08 Å². The van der Waals surface area contributed by atoms with Gasteiger partial charge in [0.05, 0.1) is 0 Å². The Morgan fingerprint density at radius 1 is 0.864 bits per heavy atom. The molecule has 0 heterocycles. The van der Waals surface area contributed by atoms with E-state index in [1.807, 2.05) is 0 Å². The van der Waals surface area contributed by atoms with E-state index < -0.39 is 10.4 Å². The minimum Gasteiger partial charge on any atom is -0.264 e. The summed E-state index contributed by atoms with van der Waals surface area (Å²) in [5, 5.41) is 0. The quantitative estimate of drug-likeness (QED) is 0.228. The van der Waals surface area contributed by atoms with Crippen molar-refractivity contribution in [1.29, 1.82) is 0 Å². The molecular weight excluding hydrogens is 315 g/mol. The maximum absolute atomic E-state index is 11.0. The molecule has 0 saturated heterocycles. The molecule has 0 aliphatic heterocycles. The van der Waals surface area contributed by atoms with Crippen LogP contribution in [0.1, 0.15) is 70.6 Å². The Kier molecular flexibility index (Phi) is 19.7. The number of allylic oxidation sites excluding steroid dienone is 1. The SMILES string of the molecule is C=CC(=O)CCCCCCCCCCC[CH2][Na].O=S(=O)(O)O. The zero-order valence-corrected chi connectivity index (χ0v) is 16.6. The van der Waals surface area contributed by atoms with Gasteiger partial charge in [0.1, 0.15) is 0 Å². The van der Waals surface area contributed by atoms with Gasteiger partial charge in [-0.3, -0.25) is 13.9 Å². The second kappa shape index (κ2) is 17.6. The Balaban J connectivity index is 0. The van der Waals surface area contributed by atoms with Gasteiger partial charge in [-0.1, -0.05) is 6.58 Å². The van der Waals surface area contributed by atoms with Crippen LogP contribution in [0.3, 0.4) is 0 Å². The summed E-state index contributed by atoms with van der Waals surface area (Å²) in [5.74, 6) is 0.198. The second-order valence-corrected chi connectivity index (χ2v) is 7.30. The summed E-state index contributed by atoms with van der Waals surface area (Å²) in [6, 6.07) is 0. The Hall–Kier alpha value is 0.280. The van der Waals surface area contributed by atoms with Gasteiger partial charge in [0.15, 0.2) is 5.78 Å². The van der Waals surface area contributed by atoms with Crippen molar-refractivity contribution >= 4 is 44.1 Å². The van der Waals surface area contributed by atoms with Gasteiger partial charge >= 0.3 is 113 Å². The van der Waals surface area contributed by atoms with E-state index >= 15 is 0 Å². The number of carbonyl (C=O) groups excluding carboxylic acids is 1. The second-order valence-electron chi connectivity index (χ2n) is 5.40. The average molecular weight is 344 g/mol. The van der Waals surface area contributed by atoms with Crippen LogP contribution < -0.4 is 0 Å². The van der Waals surface area contributed by atoms with Crippen molar-refractivity contribution in [3.63, 3.8) is 0 Å². The minimum absolute atomic E-state index is 0.198. The maximum Gasteiger partial charge on any atom is 0.394 e. The molecule has 0 aromatic rings. The Bertz CT molecular complexity index is 360. The minimum atomic E-state index is -4.67. The Labute approximate surface area is 152 Å². The zero-order valence-electron chi connectivity index (χ0n) is 13.8. The Morgan fingerprint density at radius 3 is 1.50 bits per heavy atom. The first-order valence-electron chi connectivity index (χ1n) is 8.16. The van der Waals surface area contributed by atoms with Crippen LogP contribution in [-0.2, 0) is 15.2 Å². The monoisotopic (exact) mass is 344 g/mol. The topological polar surface area (TPSA) is 91.7 Å². The van der Waals surface area contributed by atoms with E-state index in [1.165, 1.54) is 95.5 Å². The smallest absolute Gasteiger partial charge is 0.264 e. The van der Waals surface area contributed by atoms with E-state index in [4.69, 9.17) is 17.5 Å². The fraction of sp³-hybridized carbons (Fsp3) is 0.800. The molecule has 0 unspecified atom stereocenters. The molecular formula is C15H29NaO5S. The summed E-state index contributed by atoms with van der Waals surface area (Å²) >= 11 is 1.38. The summed E-state index contributed by atoms with van der Waals surface area (Å²) in [4.78, 5) is 11.0. The van der Waals surface area contributed by atoms with E-state index in [0.717, 1.165) is 6.42 Å². The van der Waals surface area contributed by atoms with E-state index in [-0.39, 0.29) is 5.78 Å². The molecule has 0 fully saturated rings. The number of carbonyl (C=O) groups is 1. The third kappa shape index (κ3) is 32.3. The summed E-state index contributed by atoms with van der Waals surface area (Å²) in [5.41, 5.74) is 0. The van der Waals surface area contributed by atoms with Crippen LogP contribution in [0.15, 0.2) is 12.7 Å². The Morgan fingerprint density at radius 2 is 1.18 bits per heavy atom. The molecule has 22 heavy (non-hydrogen) atoms. The molecule has 5 nitrogen and oxygen atoms in total. The van der Waals surface area contributed by atoms with Gasteiger partial charge in [0.25, 0.3) is 0 Å². The first-order valence-corrected chi connectivity index (χ1v) is 11.0. The van der Waals surface area contributed by atoms with Crippen molar-refractivity contribution in [3.05, 3.63) is 12.7 Å². The predicted octanol–water partition coefficient (Wildman–Crippen LogP) is 3.97. The molecule has 0 aliphatic rings. The largest absolute Gasteiger partial charge is 0.394 e. The van der Waals surface area contributed by atoms with Crippen LogP contribution in [0.2, 0.25) is 3.67 Å². The predicted molar refractivity (Wildman–Crippen MR) is 90.7 cm³/mol. The van der Waals surface area contributed by atoms with Crippen LogP contribution in [0.4, 0.5) is 0 Å². The van der Waals surface area contributed by atoms with Crippen LogP contribution >= 0.6 is 0 Å². The number of rotatable bonds is 13. The third-order valence-corrected chi connectivity index (χ3v) is 3.96. The average Bonchev–Trinajstić information content (AvgIpc) is 2.42. The van der Waals surface area contributed by atoms with E-state index in [0.29, 0.717) is 6.42 Å². The molecule has 0 saturated carbocycles. The fourth-order valence-electron chi connectivity index (χ4n) is 2.07. The van der Waals surface area contributed by atoms with Crippen LogP contribution in [0.25, 0.3) is 0 Å². The van der Waals surface area contributed by atoms with Gasteiger partial charge in [-0.2, -0.15) is 8.42 Å². The number of hydrogen-bond acceptors (Lipinski definition) is 3. The van der Waals surface area contributed by atoms with Gasteiger partial charge in [-0.25, -0.2) is 0 Å².